The molecule has 0 unspecified atom stereocenters. The van der Waals surface area contributed by atoms with Crippen LogP contribution in [0.4, 0.5) is 0 Å². The number of nitrogens with zero attached hydrogens (tertiary/aromatic N) is 4. The molecule has 13 heavy (non-hydrogen) atoms. The van der Waals surface area contributed by atoms with Crippen LogP contribution < -0.4 is 4.40 Å². The van der Waals surface area contributed by atoms with Gasteiger partial charge in [-0.1, -0.05) is 0 Å². The van der Waals surface area contributed by atoms with Gasteiger partial charge in [-0.2, -0.15) is 4.40 Å². The molecule has 0 bridgehead atoms. The number of hydrogen-bond donors (Lipinski definition) is 0. The summed E-state index contributed by atoms with van der Waals surface area (Å²) >= 11 is 0. The number of aryl methyl sites for hydroxylation is 4. The lowest BCUT2D eigenvalue weighted by molar-refractivity contribution is -0.530. The average Bonchev–Trinajstić information content (AvgIpc) is 2.27. The van der Waals surface area contributed by atoms with Crippen molar-refractivity contribution in [3.63, 3.8) is 0 Å². The van der Waals surface area contributed by atoms with E-state index in [9.17, 15) is 0 Å². The third-order valence-electron chi connectivity index (χ3n) is 2.15. The number of fused-ring (bicyclic) bond motifs is 1. The average molecular weight is 177 g/mol. The molecule has 0 aliphatic carbocycles. The standard InChI is InChI=1S/C9H13N4/c1-6-5-7(2)13-8(3)11-12(4)9(13)10-6/h5H,1-4H3/q+1. The van der Waals surface area contributed by atoms with Gasteiger partial charge in [-0.05, 0) is 18.9 Å². The first-order valence-corrected chi connectivity index (χ1v) is 4.29. The minimum atomic E-state index is 0.898. The molecule has 0 saturated carbocycles. The van der Waals surface area contributed by atoms with Crippen LogP contribution in [0.2, 0.25) is 0 Å². The van der Waals surface area contributed by atoms with Gasteiger partial charge in [-0.25, -0.2) is 0 Å². The Kier molecular flexibility index (Phi) is 1.58. The third-order valence-corrected chi connectivity index (χ3v) is 2.15. The van der Waals surface area contributed by atoms with Crippen LogP contribution >= 0.6 is 0 Å². The van der Waals surface area contributed by atoms with Gasteiger partial charge in [0.2, 0.25) is 5.82 Å². The SMILES string of the molecule is Cc1cc(C)[n+]2c(C)nn(C)c2n1. The van der Waals surface area contributed by atoms with Gasteiger partial charge in [0, 0.05) is 13.0 Å². The molecule has 0 aromatic carbocycles. The second-order valence-corrected chi connectivity index (χ2v) is 3.35. The van der Waals surface area contributed by atoms with Crippen molar-refractivity contribution in [1.29, 1.82) is 0 Å². The fraction of sp³-hybridized carbons (Fsp3) is 0.444. The number of aromatic nitrogens is 4. The summed E-state index contributed by atoms with van der Waals surface area (Å²) in [7, 11) is 1.91. The van der Waals surface area contributed by atoms with E-state index >= 15 is 0 Å². The predicted octanol–water partition coefficient (Wildman–Crippen LogP) is 0.479. The summed E-state index contributed by atoms with van der Waals surface area (Å²) in [6.07, 6.45) is 0. The molecule has 0 aliphatic rings. The molecule has 0 atom stereocenters. The maximum absolute atomic E-state index is 4.42. The van der Waals surface area contributed by atoms with Crippen LogP contribution in [-0.2, 0) is 7.05 Å². The van der Waals surface area contributed by atoms with E-state index in [2.05, 4.69) is 23.1 Å². The van der Waals surface area contributed by atoms with E-state index in [0.717, 1.165) is 17.3 Å². The lowest BCUT2D eigenvalue weighted by Gasteiger charge is -1.94. The molecule has 2 aromatic rings. The highest BCUT2D eigenvalue weighted by Gasteiger charge is 2.16. The van der Waals surface area contributed by atoms with Crippen LogP contribution in [0.3, 0.4) is 0 Å². The van der Waals surface area contributed by atoms with Gasteiger partial charge >= 0.3 is 5.78 Å². The molecule has 0 saturated heterocycles. The van der Waals surface area contributed by atoms with Gasteiger partial charge in [-0.3, -0.25) is 0 Å². The van der Waals surface area contributed by atoms with Gasteiger partial charge in [0.15, 0.2) is 0 Å². The van der Waals surface area contributed by atoms with E-state index in [1.807, 2.05) is 25.3 Å². The van der Waals surface area contributed by atoms with Gasteiger partial charge in [0.1, 0.15) is 5.69 Å². The molecule has 0 spiro atoms. The number of rotatable bonds is 0. The monoisotopic (exact) mass is 177 g/mol. The van der Waals surface area contributed by atoms with Gasteiger partial charge in [0.05, 0.1) is 12.7 Å². The summed E-state index contributed by atoms with van der Waals surface area (Å²) in [4.78, 5) is 4.42. The van der Waals surface area contributed by atoms with E-state index < -0.39 is 0 Å². The van der Waals surface area contributed by atoms with E-state index in [4.69, 9.17) is 0 Å². The Morgan fingerprint density at radius 2 is 2.00 bits per heavy atom. The summed E-state index contributed by atoms with van der Waals surface area (Å²) in [5.74, 6) is 1.87. The fourth-order valence-corrected chi connectivity index (χ4v) is 1.69. The molecule has 4 heteroatoms. The molecular formula is C9H13N4+. The molecule has 0 amide bonds. The molecule has 4 nitrogen and oxygen atoms in total. The van der Waals surface area contributed by atoms with Crippen LogP contribution in [0.25, 0.3) is 5.78 Å². The predicted molar refractivity (Wildman–Crippen MR) is 48.4 cm³/mol. The lowest BCUT2D eigenvalue weighted by Crippen LogP contribution is -2.28. The first-order valence-electron chi connectivity index (χ1n) is 4.29. The summed E-state index contributed by atoms with van der Waals surface area (Å²) in [5, 5.41) is 4.31. The molecule has 2 rings (SSSR count). The van der Waals surface area contributed by atoms with Crippen molar-refractivity contribution < 1.29 is 4.40 Å². The zero-order valence-electron chi connectivity index (χ0n) is 8.37. The first-order chi connectivity index (χ1) is 6.09. The van der Waals surface area contributed by atoms with Gasteiger partial charge in [-0.15, -0.1) is 9.67 Å². The van der Waals surface area contributed by atoms with E-state index in [0.29, 0.717) is 0 Å². The van der Waals surface area contributed by atoms with Crippen LogP contribution in [0, 0.1) is 20.8 Å². The zero-order chi connectivity index (χ0) is 9.59. The molecule has 0 radical (unpaired) electrons. The number of hydrogen-bond acceptors (Lipinski definition) is 2. The Balaban J connectivity index is 2.97. The molecule has 0 aliphatic heterocycles. The lowest BCUT2D eigenvalue weighted by atomic mass is 10.3. The Bertz CT molecular complexity index is 470. The first kappa shape index (κ1) is 8.16. The van der Waals surface area contributed by atoms with Gasteiger partial charge < -0.3 is 0 Å². The quantitative estimate of drug-likeness (QED) is 0.548. The highest BCUT2D eigenvalue weighted by Crippen LogP contribution is 2.00. The molecular weight excluding hydrogens is 164 g/mol. The van der Waals surface area contributed by atoms with E-state index in [-0.39, 0.29) is 0 Å². The van der Waals surface area contributed by atoms with Gasteiger partial charge in [0.25, 0.3) is 0 Å². The molecule has 0 N–H and O–H groups in total. The molecule has 0 fully saturated rings. The van der Waals surface area contributed by atoms with E-state index in [1.165, 1.54) is 5.69 Å². The summed E-state index contributed by atoms with van der Waals surface area (Å²) in [6.45, 7) is 6.04. The van der Waals surface area contributed by atoms with Crippen molar-refractivity contribution >= 4 is 5.78 Å². The Morgan fingerprint density at radius 3 is 2.69 bits per heavy atom. The zero-order valence-corrected chi connectivity index (χ0v) is 8.37. The van der Waals surface area contributed by atoms with Crippen molar-refractivity contribution in [3.8, 4) is 0 Å². The van der Waals surface area contributed by atoms with Crippen LogP contribution in [0.15, 0.2) is 6.07 Å². The van der Waals surface area contributed by atoms with Crippen LogP contribution in [0.5, 0.6) is 0 Å². The second-order valence-electron chi connectivity index (χ2n) is 3.35. The topological polar surface area (TPSA) is 34.8 Å². The Labute approximate surface area is 76.8 Å². The highest BCUT2D eigenvalue weighted by atomic mass is 15.4. The fourth-order valence-electron chi connectivity index (χ4n) is 1.69. The molecule has 2 aromatic heterocycles. The normalized spacial score (nSPS) is 11.1. The largest absolute Gasteiger partial charge is 0.386 e. The highest BCUT2D eigenvalue weighted by molar-refractivity contribution is 5.20. The summed E-state index contributed by atoms with van der Waals surface area (Å²) in [5.41, 5.74) is 2.20. The van der Waals surface area contributed by atoms with Crippen molar-refractivity contribution in [2.75, 3.05) is 0 Å². The summed E-state index contributed by atoms with van der Waals surface area (Å²) in [6, 6.07) is 2.06. The second kappa shape index (κ2) is 2.52. The van der Waals surface area contributed by atoms with Crippen molar-refractivity contribution in [1.82, 2.24) is 14.8 Å². The van der Waals surface area contributed by atoms with Crippen molar-refractivity contribution in [2.45, 2.75) is 20.8 Å². The van der Waals surface area contributed by atoms with E-state index in [1.54, 1.807) is 4.68 Å². The van der Waals surface area contributed by atoms with Crippen LogP contribution in [0.1, 0.15) is 17.2 Å². The van der Waals surface area contributed by atoms with Crippen LogP contribution in [-0.4, -0.2) is 14.8 Å². The minimum Gasteiger partial charge on any atom is -0.192 e. The Morgan fingerprint density at radius 1 is 1.31 bits per heavy atom. The molecule has 68 valence electrons. The maximum Gasteiger partial charge on any atom is 0.386 e. The smallest absolute Gasteiger partial charge is 0.192 e. The summed E-state index contributed by atoms with van der Waals surface area (Å²) < 4.78 is 3.85. The molecule has 2 heterocycles. The Hall–Kier alpha value is -1.45. The van der Waals surface area contributed by atoms with Crippen molar-refractivity contribution in [3.05, 3.63) is 23.3 Å². The maximum atomic E-state index is 4.42. The minimum absolute atomic E-state index is 0.898. The third kappa shape index (κ3) is 1.09. The van der Waals surface area contributed by atoms with Crippen molar-refractivity contribution in [2.24, 2.45) is 7.05 Å².